The maximum absolute atomic E-state index is 10.9. The molecule has 0 spiro atoms. The second kappa shape index (κ2) is 2.08. The topological polar surface area (TPSA) is 17.1 Å². The molecule has 0 saturated heterocycles. The lowest BCUT2D eigenvalue weighted by Crippen LogP contribution is -1.98. The van der Waals surface area contributed by atoms with Crippen LogP contribution in [0, 0.1) is 0 Å². The van der Waals surface area contributed by atoms with Gasteiger partial charge in [-0.25, -0.2) is 0 Å². The molecule has 1 aliphatic carbocycles. The van der Waals surface area contributed by atoms with Crippen molar-refractivity contribution in [3.8, 4) is 0 Å². The monoisotopic (exact) mass is 166 g/mol. The SMILES string of the molecule is O=C1CC1(Cl)c1ccccc1. The van der Waals surface area contributed by atoms with Crippen molar-refractivity contribution in [2.45, 2.75) is 11.3 Å². The standard InChI is InChI=1S/C9H7ClO/c10-9(6-8(9)11)7-4-2-1-3-5-7/h1-5H,6H2. The number of halogens is 1. The Morgan fingerprint density at radius 2 is 1.82 bits per heavy atom. The summed E-state index contributed by atoms with van der Waals surface area (Å²) in [7, 11) is 0. The van der Waals surface area contributed by atoms with Crippen molar-refractivity contribution >= 4 is 17.4 Å². The Kier molecular flexibility index (Phi) is 1.30. The summed E-state index contributed by atoms with van der Waals surface area (Å²) >= 11 is 5.97. The number of rotatable bonds is 1. The summed E-state index contributed by atoms with van der Waals surface area (Å²) in [6, 6.07) is 9.47. The summed E-state index contributed by atoms with van der Waals surface area (Å²) in [5.74, 6) is 0.130. The minimum atomic E-state index is -0.665. The molecule has 0 radical (unpaired) electrons. The number of benzene rings is 1. The average molecular weight is 167 g/mol. The number of hydrogen-bond donors (Lipinski definition) is 0. The molecule has 1 saturated carbocycles. The van der Waals surface area contributed by atoms with Gasteiger partial charge in [-0.3, -0.25) is 4.79 Å². The Balaban J connectivity index is 2.39. The Bertz CT molecular complexity index is 294. The molecule has 0 N–H and O–H groups in total. The molecule has 1 aromatic rings. The van der Waals surface area contributed by atoms with Crippen LogP contribution in [0.1, 0.15) is 12.0 Å². The predicted octanol–water partition coefficient (Wildman–Crippen LogP) is 2.09. The second-order valence-corrected chi connectivity index (χ2v) is 3.41. The van der Waals surface area contributed by atoms with Crippen LogP contribution in [0.2, 0.25) is 0 Å². The van der Waals surface area contributed by atoms with Crippen LogP contribution < -0.4 is 0 Å². The summed E-state index contributed by atoms with van der Waals surface area (Å²) in [5.41, 5.74) is 0.923. The molecule has 2 heteroatoms. The van der Waals surface area contributed by atoms with Crippen LogP contribution in [0.15, 0.2) is 30.3 Å². The average Bonchev–Trinajstić information content (AvgIpc) is 2.64. The zero-order valence-electron chi connectivity index (χ0n) is 5.88. The van der Waals surface area contributed by atoms with Crippen LogP contribution in [0.3, 0.4) is 0 Å². The smallest absolute Gasteiger partial charge is 0.161 e. The van der Waals surface area contributed by atoms with E-state index >= 15 is 0 Å². The first-order valence-electron chi connectivity index (χ1n) is 3.51. The Hall–Kier alpha value is -0.820. The summed E-state index contributed by atoms with van der Waals surface area (Å²) < 4.78 is 0. The highest BCUT2D eigenvalue weighted by Gasteiger charge is 2.53. The summed E-state index contributed by atoms with van der Waals surface area (Å²) in [6.45, 7) is 0. The lowest BCUT2D eigenvalue weighted by atomic mass is 10.1. The van der Waals surface area contributed by atoms with Crippen molar-refractivity contribution in [1.82, 2.24) is 0 Å². The number of hydrogen-bond acceptors (Lipinski definition) is 1. The molecule has 0 bridgehead atoms. The van der Waals surface area contributed by atoms with Gasteiger partial charge in [-0.15, -0.1) is 11.6 Å². The highest BCUT2D eigenvalue weighted by atomic mass is 35.5. The van der Waals surface area contributed by atoms with Crippen molar-refractivity contribution < 1.29 is 4.79 Å². The number of ketones is 1. The van der Waals surface area contributed by atoms with Crippen molar-refractivity contribution in [3.05, 3.63) is 35.9 Å². The summed E-state index contributed by atoms with van der Waals surface area (Å²) in [6.07, 6.45) is 0.485. The number of carbonyl (C=O) groups excluding carboxylic acids is 1. The number of carbonyl (C=O) groups is 1. The van der Waals surface area contributed by atoms with Gasteiger partial charge in [0.2, 0.25) is 0 Å². The molecule has 1 fully saturated rings. The lowest BCUT2D eigenvalue weighted by molar-refractivity contribution is -0.110. The minimum Gasteiger partial charge on any atom is -0.297 e. The van der Waals surface area contributed by atoms with E-state index in [1.807, 2.05) is 30.3 Å². The normalized spacial score (nSPS) is 28.6. The van der Waals surface area contributed by atoms with Crippen molar-refractivity contribution in [3.63, 3.8) is 0 Å². The third kappa shape index (κ3) is 0.962. The van der Waals surface area contributed by atoms with E-state index in [2.05, 4.69) is 0 Å². The van der Waals surface area contributed by atoms with E-state index in [4.69, 9.17) is 11.6 Å². The van der Waals surface area contributed by atoms with Gasteiger partial charge in [0.15, 0.2) is 5.78 Å². The van der Waals surface area contributed by atoms with E-state index < -0.39 is 4.87 Å². The molecular formula is C9H7ClO. The van der Waals surface area contributed by atoms with Crippen LogP contribution in [0.25, 0.3) is 0 Å². The highest BCUT2D eigenvalue weighted by Crippen LogP contribution is 2.47. The summed E-state index contributed by atoms with van der Waals surface area (Å²) in [4.78, 5) is 10.2. The van der Waals surface area contributed by atoms with Gasteiger partial charge in [-0.05, 0) is 5.56 Å². The van der Waals surface area contributed by atoms with E-state index in [-0.39, 0.29) is 5.78 Å². The van der Waals surface area contributed by atoms with E-state index in [1.54, 1.807) is 0 Å². The Morgan fingerprint density at radius 1 is 1.27 bits per heavy atom. The zero-order valence-corrected chi connectivity index (χ0v) is 6.64. The van der Waals surface area contributed by atoms with E-state index in [9.17, 15) is 4.79 Å². The molecule has 1 unspecified atom stereocenters. The van der Waals surface area contributed by atoms with Crippen molar-refractivity contribution in [2.24, 2.45) is 0 Å². The third-order valence-electron chi connectivity index (χ3n) is 1.95. The molecule has 0 aromatic heterocycles. The zero-order chi connectivity index (χ0) is 7.90. The predicted molar refractivity (Wildman–Crippen MR) is 43.6 cm³/mol. The van der Waals surface area contributed by atoms with E-state index in [0.717, 1.165) is 5.56 Å². The molecule has 0 aliphatic heterocycles. The van der Waals surface area contributed by atoms with Gasteiger partial charge in [0.05, 0.1) is 0 Å². The van der Waals surface area contributed by atoms with Gasteiger partial charge >= 0.3 is 0 Å². The second-order valence-electron chi connectivity index (χ2n) is 2.77. The van der Waals surface area contributed by atoms with Gasteiger partial charge < -0.3 is 0 Å². The molecule has 0 amide bonds. The Morgan fingerprint density at radius 3 is 2.27 bits per heavy atom. The molecule has 1 nitrogen and oxygen atoms in total. The molecule has 1 atom stereocenters. The molecule has 56 valence electrons. The van der Waals surface area contributed by atoms with Crippen molar-refractivity contribution in [2.75, 3.05) is 0 Å². The van der Waals surface area contributed by atoms with Gasteiger partial charge in [0.25, 0.3) is 0 Å². The van der Waals surface area contributed by atoms with E-state index in [0.29, 0.717) is 6.42 Å². The molecular weight excluding hydrogens is 160 g/mol. The molecule has 11 heavy (non-hydrogen) atoms. The van der Waals surface area contributed by atoms with Crippen LogP contribution >= 0.6 is 11.6 Å². The first kappa shape index (κ1) is 6.86. The minimum absolute atomic E-state index is 0.130. The van der Waals surface area contributed by atoms with Gasteiger partial charge in [-0.1, -0.05) is 30.3 Å². The third-order valence-corrected chi connectivity index (χ3v) is 2.52. The fourth-order valence-corrected chi connectivity index (χ4v) is 1.39. The molecule has 0 heterocycles. The van der Waals surface area contributed by atoms with Gasteiger partial charge in [-0.2, -0.15) is 0 Å². The number of alkyl halides is 1. The first-order chi connectivity index (χ1) is 5.23. The highest BCUT2D eigenvalue weighted by molar-refractivity contribution is 6.43. The quantitative estimate of drug-likeness (QED) is 0.584. The fourth-order valence-electron chi connectivity index (χ4n) is 1.14. The molecule has 1 aromatic carbocycles. The number of Topliss-reactive ketones (excluding diaryl/α,β-unsaturated/α-hetero) is 1. The van der Waals surface area contributed by atoms with Crippen LogP contribution in [0.5, 0.6) is 0 Å². The Labute approximate surface area is 70.0 Å². The fraction of sp³-hybridized carbons (Fsp3) is 0.222. The lowest BCUT2D eigenvalue weighted by Gasteiger charge is -2.01. The summed E-state index contributed by atoms with van der Waals surface area (Å²) in [5, 5.41) is 0. The first-order valence-corrected chi connectivity index (χ1v) is 3.89. The van der Waals surface area contributed by atoms with Gasteiger partial charge in [0.1, 0.15) is 4.87 Å². The molecule has 2 rings (SSSR count). The van der Waals surface area contributed by atoms with Crippen LogP contribution in [-0.4, -0.2) is 5.78 Å². The van der Waals surface area contributed by atoms with Crippen LogP contribution in [0.4, 0.5) is 0 Å². The van der Waals surface area contributed by atoms with Gasteiger partial charge in [0, 0.05) is 6.42 Å². The maximum atomic E-state index is 10.9. The van der Waals surface area contributed by atoms with Crippen molar-refractivity contribution in [1.29, 1.82) is 0 Å². The molecule has 1 aliphatic rings. The maximum Gasteiger partial charge on any atom is 0.161 e. The van der Waals surface area contributed by atoms with Crippen LogP contribution in [-0.2, 0) is 9.67 Å². The largest absolute Gasteiger partial charge is 0.297 e. The van der Waals surface area contributed by atoms with E-state index in [1.165, 1.54) is 0 Å².